The van der Waals surface area contributed by atoms with Crippen LogP contribution < -0.4 is 15.5 Å². The van der Waals surface area contributed by atoms with E-state index in [0.717, 1.165) is 11.3 Å². The number of carbonyl (C=O) groups excluding carboxylic acids is 3. The molecule has 4 aromatic carbocycles. The van der Waals surface area contributed by atoms with E-state index < -0.39 is 23.4 Å². The Hall–Kier alpha value is -4.68. The van der Waals surface area contributed by atoms with E-state index in [-0.39, 0.29) is 17.6 Å². The number of rotatable bonds is 4. The van der Waals surface area contributed by atoms with E-state index in [1.165, 1.54) is 0 Å². The van der Waals surface area contributed by atoms with Gasteiger partial charge in [-0.25, -0.2) is 0 Å². The molecular weight excluding hydrogens is 522 g/mol. The van der Waals surface area contributed by atoms with Crippen LogP contribution in [-0.2, 0) is 15.0 Å². The van der Waals surface area contributed by atoms with Crippen LogP contribution in [0.15, 0.2) is 109 Å². The van der Waals surface area contributed by atoms with Gasteiger partial charge >= 0.3 is 0 Å². The van der Waals surface area contributed by atoms with E-state index in [1.807, 2.05) is 83.8 Å². The Bertz CT molecular complexity index is 1700. The van der Waals surface area contributed by atoms with Crippen LogP contribution in [0.5, 0.6) is 0 Å². The first-order valence-corrected chi connectivity index (χ1v) is 13.5. The van der Waals surface area contributed by atoms with Gasteiger partial charge in [0.05, 0.1) is 12.0 Å². The van der Waals surface area contributed by atoms with Gasteiger partial charge < -0.3 is 15.5 Å². The molecule has 3 aliphatic rings. The highest BCUT2D eigenvalue weighted by atomic mass is 35.5. The number of nitrogens with one attached hydrogen (secondary N) is 2. The topological polar surface area (TPSA) is 78.5 Å². The summed E-state index contributed by atoms with van der Waals surface area (Å²) in [6.45, 7) is 0. The van der Waals surface area contributed by atoms with Crippen LogP contribution in [0.25, 0.3) is 6.08 Å². The minimum Gasteiger partial charge on any atom is -0.350 e. The second-order valence-electron chi connectivity index (χ2n) is 10.3. The van der Waals surface area contributed by atoms with Gasteiger partial charge in [-0.2, -0.15) is 0 Å². The number of amides is 2. The number of para-hydroxylation sites is 3. The van der Waals surface area contributed by atoms with Crippen molar-refractivity contribution in [2.75, 3.05) is 15.5 Å². The molecule has 0 unspecified atom stereocenters. The number of Topliss-reactive ketones (excluding diaryl/α,β-unsaturated/α-hetero) is 1. The van der Waals surface area contributed by atoms with E-state index in [1.54, 1.807) is 36.4 Å². The van der Waals surface area contributed by atoms with Gasteiger partial charge in [-0.05, 0) is 59.7 Å². The molecule has 7 rings (SSSR count). The fraction of sp³-hybridized carbons (Fsp3) is 0.121. The van der Waals surface area contributed by atoms with Gasteiger partial charge in [0, 0.05) is 27.6 Å². The van der Waals surface area contributed by atoms with Crippen molar-refractivity contribution in [3.63, 3.8) is 0 Å². The number of hydrogen-bond donors (Lipinski definition) is 2. The normalized spacial score (nSPS) is 23.8. The lowest BCUT2D eigenvalue weighted by Crippen LogP contribution is -2.51. The number of hydrogen-bond acceptors (Lipinski definition) is 4. The van der Waals surface area contributed by atoms with E-state index in [2.05, 4.69) is 10.6 Å². The van der Waals surface area contributed by atoms with Gasteiger partial charge in [0.1, 0.15) is 11.5 Å². The maximum atomic E-state index is 14.6. The number of halogens is 1. The summed E-state index contributed by atoms with van der Waals surface area (Å²) in [5, 5.41) is 6.56. The molecule has 4 atom stereocenters. The van der Waals surface area contributed by atoms with Crippen LogP contribution in [0.1, 0.15) is 21.5 Å². The average Bonchev–Trinajstić information content (AvgIpc) is 3.46. The molecular formula is C33H24ClN3O3. The molecule has 2 amide bonds. The summed E-state index contributed by atoms with van der Waals surface area (Å²) in [6.07, 6.45) is 3.94. The Labute approximate surface area is 236 Å². The molecule has 0 bridgehead atoms. The zero-order valence-electron chi connectivity index (χ0n) is 21.3. The minimum atomic E-state index is -1.35. The SMILES string of the molecule is O=C(c1ccc(Cl)cc1)[C@@H]1[C@H](C(=O)Nc2ccccc2)N2c3ccccc3C=C[C@H]2[C@@]12C(=O)Nc1ccccc12. The largest absolute Gasteiger partial charge is 0.350 e. The second-order valence-corrected chi connectivity index (χ2v) is 10.7. The van der Waals surface area contributed by atoms with Crippen molar-refractivity contribution in [3.8, 4) is 0 Å². The molecule has 0 aromatic heterocycles. The van der Waals surface area contributed by atoms with Crippen LogP contribution in [0.4, 0.5) is 17.1 Å². The van der Waals surface area contributed by atoms with Crippen LogP contribution in [0, 0.1) is 5.92 Å². The number of anilines is 3. The van der Waals surface area contributed by atoms with Crippen molar-refractivity contribution in [3.05, 3.63) is 131 Å². The number of fused-ring (bicyclic) bond motifs is 6. The van der Waals surface area contributed by atoms with Crippen molar-refractivity contribution >= 4 is 52.3 Å². The molecule has 7 heteroatoms. The second kappa shape index (κ2) is 9.21. The Kier molecular flexibility index (Phi) is 5.61. The smallest absolute Gasteiger partial charge is 0.247 e. The van der Waals surface area contributed by atoms with Gasteiger partial charge in [0.2, 0.25) is 11.8 Å². The number of benzene rings is 4. The molecule has 4 aromatic rings. The van der Waals surface area contributed by atoms with Crippen LogP contribution in [0.2, 0.25) is 5.02 Å². The number of carbonyl (C=O) groups is 3. The van der Waals surface area contributed by atoms with Crippen molar-refractivity contribution in [1.29, 1.82) is 0 Å². The summed E-state index contributed by atoms with van der Waals surface area (Å²) >= 11 is 6.15. The van der Waals surface area contributed by atoms with Gasteiger partial charge in [0.15, 0.2) is 5.78 Å². The molecule has 3 aliphatic heterocycles. The van der Waals surface area contributed by atoms with Crippen molar-refractivity contribution in [1.82, 2.24) is 0 Å². The van der Waals surface area contributed by atoms with E-state index in [4.69, 9.17) is 11.6 Å². The molecule has 1 fully saturated rings. The monoisotopic (exact) mass is 545 g/mol. The summed E-state index contributed by atoms with van der Waals surface area (Å²) in [5.41, 5.74) is 2.72. The predicted molar refractivity (Wildman–Crippen MR) is 157 cm³/mol. The molecule has 1 spiro atoms. The first kappa shape index (κ1) is 24.4. The molecule has 40 heavy (non-hydrogen) atoms. The number of nitrogens with zero attached hydrogens (tertiary/aromatic N) is 1. The molecule has 2 N–H and O–H groups in total. The highest BCUT2D eigenvalue weighted by Gasteiger charge is 2.70. The predicted octanol–water partition coefficient (Wildman–Crippen LogP) is 5.95. The van der Waals surface area contributed by atoms with E-state index in [0.29, 0.717) is 27.5 Å². The zero-order valence-corrected chi connectivity index (χ0v) is 22.0. The lowest BCUT2D eigenvalue weighted by atomic mass is 9.64. The highest BCUT2D eigenvalue weighted by Crippen LogP contribution is 2.57. The number of ketones is 1. The zero-order chi connectivity index (χ0) is 27.4. The maximum Gasteiger partial charge on any atom is 0.247 e. The lowest BCUT2D eigenvalue weighted by molar-refractivity contribution is -0.122. The van der Waals surface area contributed by atoms with Crippen molar-refractivity contribution in [2.24, 2.45) is 5.92 Å². The third kappa shape index (κ3) is 3.46. The molecule has 1 saturated heterocycles. The first-order chi connectivity index (χ1) is 19.5. The maximum absolute atomic E-state index is 14.6. The first-order valence-electron chi connectivity index (χ1n) is 13.1. The lowest BCUT2D eigenvalue weighted by Gasteiger charge is -2.37. The fourth-order valence-electron chi connectivity index (χ4n) is 6.65. The Balaban J connectivity index is 1.49. The molecule has 196 valence electrons. The van der Waals surface area contributed by atoms with Crippen LogP contribution in [0.3, 0.4) is 0 Å². The van der Waals surface area contributed by atoms with Gasteiger partial charge in [0.25, 0.3) is 0 Å². The Morgan fingerprint density at radius 3 is 2.35 bits per heavy atom. The highest BCUT2D eigenvalue weighted by molar-refractivity contribution is 6.30. The van der Waals surface area contributed by atoms with Gasteiger partial charge in [-0.15, -0.1) is 0 Å². The van der Waals surface area contributed by atoms with Crippen molar-refractivity contribution < 1.29 is 14.4 Å². The van der Waals surface area contributed by atoms with Gasteiger partial charge in [-0.3, -0.25) is 14.4 Å². The third-order valence-corrected chi connectivity index (χ3v) is 8.52. The summed E-state index contributed by atoms with van der Waals surface area (Å²) in [4.78, 5) is 45.2. The van der Waals surface area contributed by atoms with Gasteiger partial charge in [-0.1, -0.05) is 78.4 Å². The average molecular weight is 546 g/mol. The summed E-state index contributed by atoms with van der Waals surface area (Å²) in [5.74, 6) is -1.99. The van der Waals surface area contributed by atoms with Crippen LogP contribution >= 0.6 is 11.6 Å². The summed E-state index contributed by atoms with van der Waals surface area (Å²) in [7, 11) is 0. The van der Waals surface area contributed by atoms with E-state index in [9.17, 15) is 14.4 Å². The molecule has 0 radical (unpaired) electrons. The van der Waals surface area contributed by atoms with E-state index >= 15 is 0 Å². The quantitative estimate of drug-likeness (QED) is 0.311. The molecule has 0 aliphatic carbocycles. The third-order valence-electron chi connectivity index (χ3n) is 8.26. The van der Waals surface area contributed by atoms with Crippen molar-refractivity contribution in [2.45, 2.75) is 17.5 Å². The summed E-state index contributed by atoms with van der Waals surface area (Å²) in [6, 6.07) is 29.4. The molecule has 6 nitrogen and oxygen atoms in total. The van der Waals surface area contributed by atoms with Crippen LogP contribution in [-0.4, -0.2) is 29.7 Å². The summed E-state index contributed by atoms with van der Waals surface area (Å²) < 4.78 is 0. The molecule has 3 heterocycles. The fourth-order valence-corrected chi connectivity index (χ4v) is 6.78. The minimum absolute atomic E-state index is 0.294. The Morgan fingerprint density at radius 2 is 1.55 bits per heavy atom. The molecule has 0 saturated carbocycles. The Morgan fingerprint density at radius 1 is 0.850 bits per heavy atom. The standard InChI is InChI=1S/C33H24ClN3O3/c34-22-17-14-21(15-18-22)30(38)28-29(31(39)35-23-9-2-1-3-10-23)37-26-13-7-4-8-20(26)16-19-27(37)33(28)24-11-5-6-12-25(24)36-32(33)40/h1-19,27-29H,(H,35,39)(H,36,40)/t27-,28-,29+,33+/m0/s1.